The normalized spacial score (nSPS) is 19.1. The van der Waals surface area contributed by atoms with E-state index in [9.17, 15) is 24.3 Å². The number of carbonyl (C=O) groups is 4. The van der Waals surface area contributed by atoms with E-state index in [4.69, 9.17) is 0 Å². The van der Waals surface area contributed by atoms with E-state index >= 15 is 0 Å². The number of likely N-dealkylation sites (tertiary alicyclic amines) is 1. The van der Waals surface area contributed by atoms with Crippen LogP contribution in [-0.4, -0.2) is 34.9 Å². The second-order valence-corrected chi connectivity index (χ2v) is 6.90. The van der Waals surface area contributed by atoms with Crippen molar-refractivity contribution in [3.05, 3.63) is 71.3 Å². The van der Waals surface area contributed by atoms with Gasteiger partial charge >= 0.3 is 0 Å². The molecule has 3 rings (SSSR count). The summed E-state index contributed by atoms with van der Waals surface area (Å²) in [6, 6.07) is 15.0. The van der Waals surface area contributed by atoms with Gasteiger partial charge in [0.15, 0.2) is 5.78 Å². The predicted octanol–water partition coefficient (Wildman–Crippen LogP) is 1.48. The van der Waals surface area contributed by atoms with E-state index < -0.39 is 35.4 Å². The molecule has 2 unspecified atom stereocenters. The highest BCUT2D eigenvalue weighted by atomic mass is 16.4. The lowest BCUT2D eigenvalue weighted by Gasteiger charge is -2.27. The van der Waals surface area contributed by atoms with Crippen LogP contribution in [0.1, 0.15) is 40.4 Å². The summed E-state index contributed by atoms with van der Waals surface area (Å²) >= 11 is 0. The van der Waals surface area contributed by atoms with E-state index in [0.717, 1.165) is 5.56 Å². The average molecular weight is 378 g/mol. The Hall–Kier alpha value is -3.28. The molecule has 2 aromatic rings. The van der Waals surface area contributed by atoms with Crippen molar-refractivity contribution in [3.8, 4) is 0 Å². The zero-order chi connectivity index (χ0) is 20.3. The summed E-state index contributed by atoms with van der Waals surface area (Å²) in [5.41, 5.74) is 2.02. The molecule has 0 saturated carbocycles. The number of aryl methyl sites for hydroxylation is 1. The zero-order valence-electron chi connectivity index (χ0n) is 15.5. The Morgan fingerprint density at radius 3 is 2.25 bits per heavy atom. The molecule has 1 heterocycles. The van der Waals surface area contributed by atoms with Crippen molar-refractivity contribution >= 4 is 23.4 Å². The third-order valence-corrected chi connectivity index (χ3v) is 4.95. The SMILES string of the molecule is Cc1ccc(C(=O)C2C(=O)C(=O)N(CCCC(=O)[O-])C2c2ccccc2)cc1. The third-order valence-electron chi connectivity index (χ3n) is 4.95. The number of carbonyl (C=O) groups excluding carboxylic acids is 4. The van der Waals surface area contributed by atoms with Crippen LogP contribution in [0.4, 0.5) is 0 Å². The van der Waals surface area contributed by atoms with Crippen molar-refractivity contribution in [2.75, 3.05) is 6.54 Å². The van der Waals surface area contributed by atoms with E-state index in [0.29, 0.717) is 11.1 Å². The molecular formula is C22H20NO5-. The molecule has 28 heavy (non-hydrogen) atoms. The minimum absolute atomic E-state index is 0.0653. The Balaban J connectivity index is 1.97. The first kappa shape index (κ1) is 19.5. The van der Waals surface area contributed by atoms with Gasteiger partial charge in [0.25, 0.3) is 5.91 Å². The molecule has 1 amide bonds. The fourth-order valence-corrected chi connectivity index (χ4v) is 3.54. The first-order valence-corrected chi connectivity index (χ1v) is 9.10. The summed E-state index contributed by atoms with van der Waals surface area (Å²) in [4.78, 5) is 50.5. The molecule has 0 aromatic heterocycles. The van der Waals surface area contributed by atoms with Gasteiger partial charge in [-0.3, -0.25) is 14.4 Å². The Morgan fingerprint density at radius 1 is 1.00 bits per heavy atom. The summed E-state index contributed by atoms with van der Waals surface area (Å²) in [5, 5.41) is 10.7. The lowest BCUT2D eigenvalue weighted by atomic mass is 9.86. The van der Waals surface area contributed by atoms with Gasteiger partial charge in [-0.25, -0.2) is 0 Å². The van der Waals surface area contributed by atoms with Crippen LogP contribution in [0.2, 0.25) is 0 Å². The van der Waals surface area contributed by atoms with Gasteiger partial charge in [0.05, 0.1) is 6.04 Å². The van der Waals surface area contributed by atoms with Crippen molar-refractivity contribution in [1.82, 2.24) is 4.90 Å². The maximum atomic E-state index is 13.1. The summed E-state index contributed by atoms with van der Waals surface area (Å²) in [7, 11) is 0. The highest BCUT2D eigenvalue weighted by molar-refractivity contribution is 6.44. The van der Waals surface area contributed by atoms with Crippen molar-refractivity contribution in [2.45, 2.75) is 25.8 Å². The van der Waals surface area contributed by atoms with Gasteiger partial charge in [-0.1, -0.05) is 60.2 Å². The zero-order valence-corrected chi connectivity index (χ0v) is 15.5. The number of hydrogen-bond donors (Lipinski definition) is 0. The topological polar surface area (TPSA) is 94.6 Å². The lowest BCUT2D eigenvalue weighted by Crippen LogP contribution is -2.32. The molecule has 1 fully saturated rings. The van der Waals surface area contributed by atoms with Crippen molar-refractivity contribution in [1.29, 1.82) is 0 Å². The van der Waals surface area contributed by atoms with Crippen molar-refractivity contribution in [3.63, 3.8) is 0 Å². The van der Waals surface area contributed by atoms with Crippen molar-refractivity contribution in [2.24, 2.45) is 5.92 Å². The van der Waals surface area contributed by atoms with E-state index in [1.165, 1.54) is 4.90 Å². The van der Waals surface area contributed by atoms with Crippen LogP contribution in [0.25, 0.3) is 0 Å². The molecule has 6 nitrogen and oxygen atoms in total. The minimum Gasteiger partial charge on any atom is -0.550 e. The van der Waals surface area contributed by atoms with Crippen LogP contribution >= 0.6 is 0 Å². The monoisotopic (exact) mass is 378 g/mol. The van der Waals surface area contributed by atoms with Crippen LogP contribution in [0.3, 0.4) is 0 Å². The van der Waals surface area contributed by atoms with Gasteiger partial charge in [0.1, 0.15) is 5.92 Å². The molecule has 0 radical (unpaired) electrons. The molecule has 0 spiro atoms. The first-order chi connectivity index (χ1) is 13.4. The first-order valence-electron chi connectivity index (χ1n) is 9.10. The van der Waals surface area contributed by atoms with Crippen LogP contribution in [0, 0.1) is 12.8 Å². The fourth-order valence-electron chi connectivity index (χ4n) is 3.54. The molecule has 1 saturated heterocycles. The molecule has 1 aliphatic heterocycles. The van der Waals surface area contributed by atoms with Crippen LogP contribution in [0.5, 0.6) is 0 Å². The Morgan fingerprint density at radius 2 is 1.64 bits per heavy atom. The summed E-state index contributed by atoms with van der Waals surface area (Å²) in [6.07, 6.45) is -0.0772. The van der Waals surface area contributed by atoms with Gasteiger partial charge < -0.3 is 14.8 Å². The number of hydrogen-bond acceptors (Lipinski definition) is 5. The molecule has 0 bridgehead atoms. The van der Waals surface area contributed by atoms with E-state index in [1.54, 1.807) is 54.6 Å². The third kappa shape index (κ3) is 3.86. The van der Waals surface area contributed by atoms with E-state index in [-0.39, 0.29) is 19.4 Å². The molecule has 1 aliphatic rings. The summed E-state index contributed by atoms with van der Waals surface area (Å²) in [5.74, 6) is -4.29. The Labute approximate surface area is 162 Å². The highest BCUT2D eigenvalue weighted by Gasteiger charge is 2.51. The number of carboxylic acid groups (broad SMARTS) is 1. The molecule has 2 atom stereocenters. The van der Waals surface area contributed by atoms with E-state index in [2.05, 4.69) is 0 Å². The number of ketones is 2. The maximum absolute atomic E-state index is 13.1. The Bertz CT molecular complexity index is 904. The second-order valence-electron chi connectivity index (χ2n) is 6.90. The van der Waals surface area contributed by atoms with Gasteiger partial charge in [-0.15, -0.1) is 0 Å². The van der Waals surface area contributed by atoms with Gasteiger partial charge in [0, 0.05) is 18.1 Å². The molecule has 0 aliphatic carbocycles. The predicted molar refractivity (Wildman–Crippen MR) is 99.1 cm³/mol. The number of amides is 1. The van der Waals surface area contributed by atoms with Gasteiger partial charge in [0.2, 0.25) is 5.78 Å². The molecule has 0 N–H and O–H groups in total. The standard InChI is InChI=1S/C22H21NO5/c1-14-9-11-16(12-10-14)20(26)18-19(15-6-3-2-4-7-15)23(22(28)21(18)27)13-5-8-17(24)25/h2-4,6-7,9-12,18-19H,5,8,13H2,1H3,(H,24,25)/p-1. The number of Topliss-reactive ketones (excluding diaryl/α,β-unsaturated/α-hetero) is 2. The lowest BCUT2D eigenvalue weighted by molar-refractivity contribution is -0.305. The van der Waals surface area contributed by atoms with Crippen LogP contribution in [-0.2, 0) is 14.4 Å². The molecular weight excluding hydrogens is 358 g/mol. The highest BCUT2D eigenvalue weighted by Crippen LogP contribution is 2.38. The molecule has 144 valence electrons. The number of aliphatic carboxylic acids is 1. The molecule has 6 heteroatoms. The Kier molecular flexibility index (Phi) is 5.68. The number of carboxylic acids is 1. The number of nitrogens with zero attached hydrogens (tertiary/aromatic N) is 1. The minimum atomic E-state index is -1.22. The smallest absolute Gasteiger partial charge is 0.291 e. The maximum Gasteiger partial charge on any atom is 0.291 e. The van der Waals surface area contributed by atoms with Crippen molar-refractivity contribution < 1.29 is 24.3 Å². The fraction of sp³-hybridized carbons (Fsp3) is 0.273. The summed E-state index contributed by atoms with van der Waals surface area (Å²) in [6.45, 7) is 1.96. The average Bonchev–Trinajstić information content (AvgIpc) is 2.93. The number of benzene rings is 2. The van der Waals surface area contributed by atoms with Crippen LogP contribution in [0.15, 0.2) is 54.6 Å². The largest absolute Gasteiger partial charge is 0.550 e. The van der Waals surface area contributed by atoms with Gasteiger partial charge in [-0.05, 0) is 25.3 Å². The quantitative estimate of drug-likeness (QED) is 0.413. The van der Waals surface area contributed by atoms with Gasteiger partial charge in [-0.2, -0.15) is 0 Å². The van der Waals surface area contributed by atoms with E-state index in [1.807, 2.05) is 6.92 Å². The number of rotatable bonds is 7. The molecule has 2 aromatic carbocycles. The second kappa shape index (κ2) is 8.17. The summed E-state index contributed by atoms with van der Waals surface area (Å²) < 4.78 is 0. The van der Waals surface area contributed by atoms with Crippen LogP contribution < -0.4 is 5.11 Å².